The molecule has 1 N–H and O–H groups in total. The van der Waals surface area contributed by atoms with E-state index in [0.29, 0.717) is 17.5 Å². The van der Waals surface area contributed by atoms with Crippen LogP contribution < -0.4 is 0 Å². The Hall–Kier alpha value is -1.42. The first-order chi connectivity index (χ1) is 8.19. The van der Waals surface area contributed by atoms with E-state index < -0.39 is 0 Å². The van der Waals surface area contributed by atoms with Gasteiger partial charge < -0.3 is 9.67 Å². The lowest BCUT2D eigenvalue weighted by atomic mass is 9.99. The number of rotatable bonds is 2. The molecule has 1 heterocycles. The van der Waals surface area contributed by atoms with Gasteiger partial charge in [-0.05, 0) is 36.7 Å². The summed E-state index contributed by atoms with van der Waals surface area (Å²) in [6.07, 6.45) is 7.30. The molecule has 3 atom stereocenters. The van der Waals surface area contributed by atoms with Gasteiger partial charge in [0, 0.05) is 7.05 Å². The molecule has 17 heavy (non-hydrogen) atoms. The second kappa shape index (κ2) is 3.81. The van der Waals surface area contributed by atoms with Crippen molar-refractivity contribution in [2.45, 2.75) is 25.4 Å². The molecule has 90 valence electrons. The number of aldehydes is 1. The lowest BCUT2D eigenvalue weighted by molar-refractivity contribution is 0.111. The van der Waals surface area contributed by atoms with Gasteiger partial charge in [-0.2, -0.15) is 0 Å². The van der Waals surface area contributed by atoms with Gasteiger partial charge in [-0.1, -0.05) is 6.08 Å². The van der Waals surface area contributed by atoms with Crippen LogP contribution in [0.4, 0.5) is 0 Å². The van der Waals surface area contributed by atoms with Crippen molar-refractivity contribution in [2.75, 3.05) is 0 Å². The first kappa shape index (κ1) is 10.7. The summed E-state index contributed by atoms with van der Waals surface area (Å²) in [4.78, 5) is 15.4. The predicted molar refractivity (Wildman–Crippen MR) is 63.4 cm³/mol. The largest absolute Gasteiger partial charge is 0.393 e. The van der Waals surface area contributed by atoms with Crippen molar-refractivity contribution in [2.24, 2.45) is 18.9 Å². The van der Waals surface area contributed by atoms with Crippen LogP contribution in [0, 0.1) is 11.8 Å². The van der Waals surface area contributed by atoms with Gasteiger partial charge in [-0.25, -0.2) is 4.98 Å². The molecule has 1 fully saturated rings. The Bertz CT molecular complexity index is 490. The van der Waals surface area contributed by atoms with Crippen LogP contribution in [0.5, 0.6) is 0 Å². The Labute approximate surface area is 100.0 Å². The number of nitrogens with zero attached hydrogens (tertiary/aromatic N) is 2. The Balaban J connectivity index is 1.91. The zero-order valence-corrected chi connectivity index (χ0v) is 9.84. The smallest absolute Gasteiger partial charge is 0.168 e. The zero-order valence-electron chi connectivity index (χ0n) is 9.84. The third-order valence-corrected chi connectivity index (χ3v) is 4.02. The number of hydrogen-bond donors (Lipinski definition) is 1. The Morgan fingerprint density at radius 1 is 1.53 bits per heavy atom. The normalized spacial score (nSPS) is 31.4. The van der Waals surface area contributed by atoms with Gasteiger partial charge in [0.05, 0.1) is 18.1 Å². The minimum Gasteiger partial charge on any atom is -0.393 e. The number of imidazole rings is 1. The zero-order chi connectivity index (χ0) is 12.0. The highest BCUT2D eigenvalue weighted by molar-refractivity contribution is 5.83. The van der Waals surface area contributed by atoms with Crippen LogP contribution in [0.15, 0.2) is 12.4 Å². The summed E-state index contributed by atoms with van der Waals surface area (Å²) >= 11 is 0. The van der Waals surface area contributed by atoms with E-state index in [1.807, 2.05) is 7.05 Å². The molecule has 2 aliphatic rings. The number of aromatic nitrogens is 2. The van der Waals surface area contributed by atoms with Crippen LogP contribution in [0.1, 0.15) is 35.4 Å². The Kier molecular flexibility index (Phi) is 2.40. The summed E-state index contributed by atoms with van der Waals surface area (Å²) in [7, 11) is 1.83. The van der Waals surface area contributed by atoms with Crippen molar-refractivity contribution in [1.29, 1.82) is 0 Å². The van der Waals surface area contributed by atoms with Crippen LogP contribution in [0.25, 0.3) is 5.57 Å². The minimum atomic E-state index is -0.142. The lowest BCUT2D eigenvalue weighted by Crippen LogP contribution is -2.01. The number of carbonyl (C=O) groups is 1. The summed E-state index contributed by atoms with van der Waals surface area (Å²) in [5.74, 6) is 1.02. The molecule has 0 bridgehead atoms. The SMILES string of the molecule is Cn1cnc(C2=C[C@H]3C[C@@H](O)C[C@H]3C2)c1C=O. The number of fused-ring (bicyclic) bond motifs is 1. The van der Waals surface area contributed by atoms with Crippen LogP contribution in [-0.2, 0) is 7.05 Å². The molecule has 1 saturated carbocycles. The van der Waals surface area contributed by atoms with E-state index in [9.17, 15) is 9.90 Å². The number of carbonyl (C=O) groups excluding carboxylic acids is 1. The van der Waals surface area contributed by atoms with Crippen molar-refractivity contribution in [3.8, 4) is 0 Å². The number of aliphatic hydroxyl groups excluding tert-OH is 1. The predicted octanol–water partition coefficient (Wildman–Crippen LogP) is 1.41. The van der Waals surface area contributed by atoms with Crippen molar-refractivity contribution >= 4 is 11.9 Å². The number of aryl methyl sites for hydroxylation is 1. The van der Waals surface area contributed by atoms with Gasteiger partial charge in [0.25, 0.3) is 0 Å². The van der Waals surface area contributed by atoms with E-state index >= 15 is 0 Å². The van der Waals surface area contributed by atoms with Crippen molar-refractivity contribution in [1.82, 2.24) is 9.55 Å². The van der Waals surface area contributed by atoms with E-state index in [1.165, 1.54) is 5.57 Å². The van der Waals surface area contributed by atoms with E-state index in [-0.39, 0.29) is 6.10 Å². The summed E-state index contributed by atoms with van der Waals surface area (Å²) in [5.41, 5.74) is 2.65. The third-order valence-electron chi connectivity index (χ3n) is 4.02. The fourth-order valence-electron chi connectivity index (χ4n) is 3.18. The highest BCUT2D eigenvalue weighted by atomic mass is 16.3. The lowest BCUT2D eigenvalue weighted by Gasteiger charge is -2.06. The third kappa shape index (κ3) is 1.63. The van der Waals surface area contributed by atoms with E-state index in [1.54, 1.807) is 10.9 Å². The molecule has 0 saturated heterocycles. The Morgan fingerprint density at radius 3 is 3.06 bits per heavy atom. The number of aliphatic hydroxyl groups is 1. The molecule has 0 aliphatic heterocycles. The molecule has 1 aromatic rings. The molecule has 0 spiro atoms. The fourth-order valence-corrected chi connectivity index (χ4v) is 3.18. The first-order valence-electron chi connectivity index (χ1n) is 6.04. The monoisotopic (exact) mass is 232 g/mol. The molecule has 0 radical (unpaired) electrons. The first-order valence-corrected chi connectivity index (χ1v) is 6.04. The second-order valence-electron chi connectivity index (χ2n) is 5.15. The van der Waals surface area contributed by atoms with Crippen LogP contribution in [0.2, 0.25) is 0 Å². The molecule has 0 unspecified atom stereocenters. The average Bonchev–Trinajstić information content (AvgIpc) is 2.89. The quantitative estimate of drug-likeness (QED) is 0.784. The maximum atomic E-state index is 11.0. The summed E-state index contributed by atoms with van der Waals surface area (Å²) in [6.45, 7) is 0. The van der Waals surface area contributed by atoms with E-state index in [4.69, 9.17) is 0 Å². The molecule has 3 rings (SSSR count). The maximum absolute atomic E-state index is 11.0. The minimum absolute atomic E-state index is 0.142. The van der Waals surface area contributed by atoms with Gasteiger partial charge in [0.1, 0.15) is 5.69 Å². The highest BCUT2D eigenvalue weighted by Crippen LogP contribution is 2.45. The second-order valence-corrected chi connectivity index (χ2v) is 5.15. The van der Waals surface area contributed by atoms with Gasteiger partial charge in [0.2, 0.25) is 0 Å². The van der Waals surface area contributed by atoms with Gasteiger partial charge in [0.15, 0.2) is 6.29 Å². The van der Waals surface area contributed by atoms with Crippen molar-refractivity contribution in [3.05, 3.63) is 23.8 Å². The van der Waals surface area contributed by atoms with Gasteiger partial charge in [-0.15, -0.1) is 0 Å². The van der Waals surface area contributed by atoms with Crippen LogP contribution in [0.3, 0.4) is 0 Å². The molecule has 4 heteroatoms. The van der Waals surface area contributed by atoms with Gasteiger partial charge >= 0.3 is 0 Å². The topological polar surface area (TPSA) is 55.1 Å². The number of hydrogen-bond acceptors (Lipinski definition) is 3. The maximum Gasteiger partial charge on any atom is 0.168 e. The Morgan fingerprint density at radius 2 is 2.35 bits per heavy atom. The number of allylic oxidation sites excluding steroid dienone is 2. The van der Waals surface area contributed by atoms with E-state index in [2.05, 4.69) is 11.1 Å². The molecular weight excluding hydrogens is 216 g/mol. The van der Waals surface area contributed by atoms with Crippen molar-refractivity contribution < 1.29 is 9.90 Å². The molecule has 1 aromatic heterocycles. The molecule has 0 aromatic carbocycles. The van der Waals surface area contributed by atoms with Crippen LogP contribution >= 0.6 is 0 Å². The molecule has 0 amide bonds. The van der Waals surface area contributed by atoms with Crippen LogP contribution in [-0.4, -0.2) is 27.0 Å². The van der Waals surface area contributed by atoms with E-state index in [0.717, 1.165) is 31.2 Å². The highest BCUT2D eigenvalue weighted by Gasteiger charge is 2.37. The van der Waals surface area contributed by atoms with Crippen molar-refractivity contribution in [3.63, 3.8) is 0 Å². The fraction of sp³-hybridized carbons (Fsp3) is 0.538. The molecule has 4 nitrogen and oxygen atoms in total. The molecule has 2 aliphatic carbocycles. The molecular formula is C13H16N2O2. The average molecular weight is 232 g/mol. The standard InChI is InChI=1S/C13H16N2O2/c1-15-7-14-13(12(15)6-16)10-2-8-4-11(17)5-9(8)3-10/h2,6-9,11,17H,3-5H2,1H3/t8-,9+,11+/m0/s1. The summed E-state index contributed by atoms with van der Waals surface area (Å²) < 4.78 is 1.76. The van der Waals surface area contributed by atoms with Gasteiger partial charge in [-0.3, -0.25) is 4.79 Å². The summed E-state index contributed by atoms with van der Waals surface area (Å²) in [6, 6.07) is 0. The summed E-state index contributed by atoms with van der Waals surface area (Å²) in [5, 5.41) is 9.59.